The van der Waals surface area contributed by atoms with E-state index in [0.29, 0.717) is 6.42 Å². The summed E-state index contributed by atoms with van der Waals surface area (Å²) in [7, 11) is 1.84. The molecule has 1 aromatic heterocycles. The minimum atomic E-state index is 0.130. The highest BCUT2D eigenvalue weighted by molar-refractivity contribution is 7.13. The van der Waals surface area contributed by atoms with Gasteiger partial charge in [-0.05, 0) is 24.5 Å². The van der Waals surface area contributed by atoms with Crippen LogP contribution in [0.5, 0.6) is 0 Å². The summed E-state index contributed by atoms with van der Waals surface area (Å²) in [5.41, 5.74) is 3.17. The molecule has 0 bridgehead atoms. The van der Waals surface area contributed by atoms with E-state index in [1.807, 2.05) is 35.5 Å². The molecule has 1 N–H and O–H groups in total. The molecule has 3 rings (SSSR count). The number of para-hydroxylation sites is 1. The molecule has 4 nitrogen and oxygen atoms in total. The first-order valence-corrected chi connectivity index (χ1v) is 7.66. The molecule has 1 aliphatic rings. The Morgan fingerprint density at radius 2 is 2.30 bits per heavy atom. The van der Waals surface area contributed by atoms with Crippen LogP contribution in [-0.4, -0.2) is 24.5 Å². The van der Waals surface area contributed by atoms with Gasteiger partial charge >= 0.3 is 0 Å². The van der Waals surface area contributed by atoms with Crippen molar-refractivity contribution < 1.29 is 4.79 Å². The highest BCUT2D eigenvalue weighted by Gasteiger charge is 2.22. The molecule has 20 heavy (non-hydrogen) atoms. The summed E-state index contributed by atoms with van der Waals surface area (Å²) in [6, 6.07) is 8.17. The number of rotatable bonds is 3. The van der Waals surface area contributed by atoms with Crippen LogP contribution in [0.4, 0.5) is 10.8 Å². The molecular formula is C15H17N3OS. The fourth-order valence-electron chi connectivity index (χ4n) is 2.55. The van der Waals surface area contributed by atoms with Crippen LogP contribution < -0.4 is 10.2 Å². The van der Waals surface area contributed by atoms with Crippen LogP contribution in [0.3, 0.4) is 0 Å². The van der Waals surface area contributed by atoms with Gasteiger partial charge < -0.3 is 10.2 Å². The fourth-order valence-corrected chi connectivity index (χ4v) is 3.22. The lowest BCUT2D eigenvalue weighted by molar-refractivity contribution is -0.118. The molecule has 1 aliphatic heterocycles. The Kier molecular flexibility index (Phi) is 3.69. The molecule has 5 heteroatoms. The van der Waals surface area contributed by atoms with Crippen molar-refractivity contribution in [2.75, 3.05) is 23.8 Å². The topological polar surface area (TPSA) is 45.2 Å². The summed E-state index contributed by atoms with van der Waals surface area (Å²) in [4.78, 5) is 18.8. The number of hydrogen-bond donors (Lipinski definition) is 1. The van der Waals surface area contributed by atoms with Crippen LogP contribution in [0.1, 0.15) is 17.7 Å². The van der Waals surface area contributed by atoms with Crippen molar-refractivity contribution in [1.29, 1.82) is 0 Å². The number of aromatic nitrogens is 1. The molecule has 1 aromatic carbocycles. The van der Waals surface area contributed by atoms with Gasteiger partial charge in [-0.3, -0.25) is 4.79 Å². The van der Waals surface area contributed by atoms with Crippen molar-refractivity contribution in [3.63, 3.8) is 0 Å². The Labute approximate surface area is 122 Å². The third-order valence-corrected chi connectivity index (χ3v) is 4.42. The van der Waals surface area contributed by atoms with E-state index in [2.05, 4.69) is 16.4 Å². The van der Waals surface area contributed by atoms with Crippen LogP contribution in [0.15, 0.2) is 29.6 Å². The summed E-state index contributed by atoms with van der Waals surface area (Å²) in [5, 5.41) is 5.80. The lowest BCUT2D eigenvalue weighted by Crippen LogP contribution is -2.36. The van der Waals surface area contributed by atoms with E-state index in [1.165, 1.54) is 16.9 Å². The second-order valence-electron chi connectivity index (χ2n) is 4.85. The molecule has 0 aliphatic carbocycles. The Bertz CT molecular complexity index is 623. The molecule has 1 amide bonds. The van der Waals surface area contributed by atoms with Gasteiger partial charge in [-0.25, -0.2) is 4.98 Å². The van der Waals surface area contributed by atoms with Gasteiger partial charge in [0, 0.05) is 24.7 Å². The van der Waals surface area contributed by atoms with E-state index in [0.717, 1.165) is 35.9 Å². The van der Waals surface area contributed by atoms with Gasteiger partial charge in [-0.1, -0.05) is 18.2 Å². The van der Waals surface area contributed by atoms with Crippen LogP contribution in [0.25, 0.3) is 0 Å². The maximum absolute atomic E-state index is 12.5. The highest BCUT2D eigenvalue weighted by atomic mass is 32.1. The molecule has 0 fully saturated rings. The Hall–Kier alpha value is -1.88. The first-order valence-electron chi connectivity index (χ1n) is 6.78. The van der Waals surface area contributed by atoms with Gasteiger partial charge in [0.25, 0.3) is 0 Å². The molecule has 0 unspecified atom stereocenters. The number of nitrogens with one attached hydrogen (secondary N) is 1. The van der Waals surface area contributed by atoms with Gasteiger partial charge in [0.2, 0.25) is 5.91 Å². The zero-order valence-electron chi connectivity index (χ0n) is 11.4. The van der Waals surface area contributed by atoms with Crippen LogP contribution in [0.2, 0.25) is 0 Å². The minimum Gasteiger partial charge on any atom is -0.365 e. The smallest absolute Gasteiger partial charge is 0.233 e. The van der Waals surface area contributed by atoms with Gasteiger partial charge in [-0.15, -0.1) is 11.3 Å². The van der Waals surface area contributed by atoms with Crippen molar-refractivity contribution in [2.24, 2.45) is 0 Å². The van der Waals surface area contributed by atoms with E-state index in [4.69, 9.17) is 0 Å². The largest absolute Gasteiger partial charge is 0.365 e. The fraction of sp³-hybridized carbons (Fsp3) is 0.333. The molecule has 0 saturated heterocycles. The first-order chi connectivity index (χ1) is 9.78. The standard InChI is InChI=1S/C15H17N3OS/c1-16-15-17-12(10-20-15)9-14(19)18-8-4-6-11-5-2-3-7-13(11)18/h2-3,5,7,10H,4,6,8-9H2,1H3,(H,16,17). The van der Waals surface area contributed by atoms with Crippen LogP contribution in [-0.2, 0) is 17.6 Å². The van der Waals surface area contributed by atoms with Crippen molar-refractivity contribution in [2.45, 2.75) is 19.3 Å². The average molecular weight is 287 g/mol. The number of thiazole rings is 1. The number of hydrogen-bond acceptors (Lipinski definition) is 4. The zero-order valence-corrected chi connectivity index (χ0v) is 12.2. The Balaban J connectivity index is 1.78. The number of aryl methyl sites for hydroxylation is 1. The monoisotopic (exact) mass is 287 g/mol. The molecule has 2 aromatic rings. The van der Waals surface area contributed by atoms with Crippen molar-refractivity contribution >= 4 is 28.1 Å². The normalized spacial score (nSPS) is 13.9. The third kappa shape index (κ3) is 2.54. The molecule has 0 radical (unpaired) electrons. The van der Waals surface area contributed by atoms with E-state index in [-0.39, 0.29) is 5.91 Å². The quantitative estimate of drug-likeness (QED) is 0.944. The van der Waals surface area contributed by atoms with Gasteiger partial charge in [-0.2, -0.15) is 0 Å². The van der Waals surface area contributed by atoms with E-state index >= 15 is 0 Å². The molecule has 104 valence electrons. The molecule has 2 heterocycles. The van der Waals surface area contributed by atoms with Crippen LogP contribution >= 0.6 is 11.3 Å². The number of nitrogens with zero attached hydrogens (tertiary/aromatic N) is 2. The second-order valence-corrected chi connectivity index (χ2v) is 5.71. The van der Waals surface area contributed by atoms with E-state index < -0.39 is 0 Å². The number of carbonyl (C=O) groups is 1. The number of anilines is 2. The summed E-state index contributed by atoms with van der Waals surface area (Å²) in [6.45, 7) is 0.804. The number of amides is 1. The summed E-state index contributed by atoms with van der Waals surface area (Å²) in [5.74, 6) is 0.130. The highest BCUT2D eigenvalue weighted by Crippen LogP contribution is 2.27. The SMILES string of the molecule is CNc1nc(CC(=O)N2CCCc3ccccc32)cs1. The summed E-state index contributed by atoms with van der Waals surface area (Å²) < 4.78 is 0. The van der Waals surface area contributed by atoms with Crippen LogP contribution in [0, 0.1) is 0 Å². The van der Waals surface area contributed by atoms with Gasteiger partial charge in [0.05, 0.1) is 12.1 Å². The molecular weight excluding hydrogens is 270 g/mol. The Morgan fingerprint density at radius 3 is 3.10 bits per heavy atom. The molecule has 0 atom stereocenters. The van der Waals surface area contributed by atoms with Gasteiger partial charge in [0.1, 0.15) is 0 Å². The lowest BCUT2D eigenvalue weighted by atomic mass is 10.0. The number of benzene rings is 1. The van der Waals surface area contributed by atoms with E-state index in [9.17, 15) is 4.79 Å². The maximum Gasteiger partial charge on any atom is 0.233 e. The maximum atomic E-state index is 12.5. The molecule has 0 saturated carbocycles. The predicted octanol–water partition coefficient (Wildman–Crippen LogP) is 2.71. The first kappa shape index (κ1) is 13.1. The van der Waals surface area contributed by atoms with Crippen molar-refractivity contribution in [1.82, 2.24) is 4.98 Å². The zero-order chi connectivity index (χ0) is 13.9. The number of fused-ring (bicyclic) bond motifs is 1. The molecule has 0 spiro atoms. The van der Waals surface area contributed by atoms with Gasteiger partial charge in [0.15, 0.2) is 5.13 Å². The Morgan fingerprint density at radius 1 is 1.45 bits per heavy atom. The number of carbonyl (C=O) groups excluding carboxylic acids is 1. The lowest BCUT2D eigenvalue weighted by Gasteiger charge is -2.29. The van der Waals surface area contributed by atoms with E-state index in [1.54, 1.807) is 0 Å². The average Bonchev–Trinajstić information content (AvgIpc) is 2.94. The minimum absolute atomic E-state index is 0.130. The third-order valence-electron chi connectivity index (χ3n) is 3.51. The summed E-state index contributed by atoms with van der Waals surface area (Å²) in [6.07, 6.45) is 2.45. The van der Waals surface area contributed by atoms with Crippen molar-refractivity contribution in [3.05, 3.63) is 40.9 Å². The summed E-state index contributed by atoms with van der Waals surface area (Å²) >= 11 is 1.53. The van der Waals surface area contributed by atoms with Crippen molar-refractivity contribution in [3.8, 4) is 0 Å². The predicted molar refractivity (Wildman–Crippen MR) is 82.5 cm³/mol. The second kappa shape index (κ2) is 5.63.